The van der Waals surface area contributed by atoms with Crippen LogP contribution in [0.25, 0.3) is 0 Å². The molecule has 0 radical (unpaired) electrons. The van der Waals surface area contributed by atoms with Gasteiger partial charge in [-0.15, -0.1) is 4.28 Å². The molecule has 0 spiro atoms. The van der Waals surface area contributed by atoms with Crippen LogP contribution in [0.4, 0.5) is 4.79 Å². The molecule has 0 unspecified atom stereocenters. The van der Waals surface area contributed by atoms with E-state index in [-0.39, 0.29) is 19.5 Å². The monoisotopic (exact) mass is 397 g/mol. The first-order valence-electron chi connectivity index (χ1n) is 8.40. The largest absolute Gasteiger partial charge is 0.418 e. The van der Waals surface area contributed by atoms with Crippen LogP contribution in [0.3, 0.4) is 0 Å². The maximum absolute atomic E-state index is 13.0. The summed E-state index contributed by atoms with van der Waals surface area (Å²) < 4.78 is 35.0. The fourth-order valence-corrected chi connectivity index (χ4v) is 3.79. The lowest BCUT2D eigenvalue weighted by atomic mass is 9.99. The van der Waals surface area contributed by atoms with Crippen molar-refractivity contribution in [1.82, 2.24) is 14.9 Å². The molecule has 10 nitrogen and oxygen atoms in total. The van der Waals surface area contributed by atoms with Gasteiger partial charge in [0.1, 0.15) is 6.04 Å². The molecule has 1 aromatic carbocycles. The molecule has 2 fully saturated rings. The zero-order chi connectivity index (χ0) is 19.8. The Balaban J connectivity index is 1.79. The number of carbonyl (C=O) groups excluding carboxylic acids is 3. The lowest BCUT2D eigenvalue weighted by molar-refractivity contribution is -0.133. The summed E-state index contributed by atoms with van der Waals surface area (Å²) in [5, 5.41) is 0.567. The van der Waals surface area contributed by atoms with Crippen molar-refractivity contribution in [3.8, 4) is 0 Å². The molecule has 2 aliphatic rings. The molecule has 2 aliphatic heterocycles. The van der Waals surface area contributed by atoms with E-state index in [4.69, 9.17) is 4.55 Å². The van der Waals surface area contributed by atoms with Gasteiger partial charge in [0.25, 0.3) is 11.8 Å². The number of likely N-dealkylation sites (N-methyl/N-ethyl adjacent to an activating group) is 1. The summed E-state index contributed by atoms with van der Waals surface area (Å²) in [4.78, 5) is 40.3. The quantitative estimate of drug-likeness (QED) is 0.572. The van der Waals surface area contributed by atoms with E-state index in [0.29, 0.717) is 17.0 Å². The van der Waals surface area contributed by atoms with Gasteiger partial charge >= 0.3 is 16.4 Å². The Kier molecular flexibility index (Phi) is 5.18. The second kappa shape index (κ2) is 7.25. The van der Waals surface area contributed by atoms with E-state index in [0.717, 1.165) is 4.90 Å². The van der Waals surface area contributed by atoms with Gasteiger partial charge < -0.3 is 4.90 Å². The van der Waals surface area contributed by atoms with Crippen LogP contribution in [0.15, 0.2) is 30.3 Å². The summed E-state index contributed by atoms with van der Waals surface area (Å²) in [6.07, 6.45) is 0.546. The SMILES string of the molecule is CCN(C(=O)c1ccccc1)C(=O)[C@@H]1CC[C@@H]2CN1C(=O)N2OS(=O)(=O)O. The minimum Gasteiger partial charge on any atom is -0.309 e. The molecule has 2 saturated heterocycles. The van der Waals surface area contributed by atoms with E-state index in [2.05, 4.69) is 4.28 Å². The van der Waals surface area contributed by atoms with Crippen LogP contribution in [-0.4, -0.2) is 70.9 Å². The molecule has 2 heterocycles. The fraction of sp³-hybridized carbons (Fsp3) is 0.438. The van der Waals surface area contributed by atoms with Crippen molar-refractivity contribution in [2.45, 2.75) is 31.8 Å². The van der Waals surface area contributed by atoms with Crippen molar-refractivity contribution in [1.29, 1.82) is 0 Å². The summed E-state index contributed by atoms with van der Waals surface area (Å²) >= 11 is 0. The van der Waals surface area contributed by atoms with E-state index in [1.54, 1.807) is 37.3 Å². The number of hydrogen-bond acceptors (Lipinski definition) is 6. The Morgan fingerprint density at radius 3 is 2.52 bits per heavy atom. The number of hydroxylamine groups is 2. The topological polar surface area (TPSA) is 125 Å². The van der Waals surface area contributed by atoms with Gasteiger partial charge in [0.2, 0.25) is 0 Å². The number of fused-ring (bicyclic) bond motifs is 2. The molecule has 3 rings (SSSR count). The third kappa shape index (κ3) is 3.80. The Morgan fingerprint density at radius 1 is 1.26 bits per heavy atom. The van der Waals surface area contributed by atoms with Gasteiger partial charge in [-0.3, -0.25) is 19.0 Å². The average Bonchev–Trinajstić information content (AvgIpc) is 2.86. The van der Waals surface area contributed by atoms with Crippen molar-refractivity contribution < 1.29 is 31.6 Å². The standard InChI is InChI=1S/C16H19N3O7S/c1-2-17(14(20)11-6-4-3-5-7-11)15(21)13-9-8-12-10-18(13)16(22)19(12)26-27(23,24)25/h3-7,12-13H,2,8-10H2,1H3,(H,23,24,25)/t12-,13+/m1/s1. The number of urea groups is 1. The first-order valence-corrected chi connectivity index (χ1v) is 9.77. The highest BCUT2D eigenvalue weighted by molar-refractivity contribution is 7.80. The first kappa shape index (κ1) is 19.3. The molecule has 4 amide bonds. The molecular formula is C16H19N3O7S. The Bertz CT molecular complexity index is 858. The lowest BCUT2D eigenvalue weighted by Crippen LogP contribution is -2.52. The number of piperidine rings is 1. The van der Waals surface area contributed by atoms with Crippen LogP contribution < -0.4 is 0 Å². The number of rotatable bonds is 5. The number of nitrogens with zero attached hydrogens (tertiary/aromatic N) is 3. The summed E-state index contributed by atoms with van der Waals surface area (Å²) in [5.74, 6) is -1.00. The predicted octanol–water partition coefficient (Wildman–Crippen LogP) is 0.678. The maximum Gasteiger partial charge on any atom is 0.418 e. The highest BCUT2D eigenvalue weighted by Crippen LogP contribution is 2.31. The molecule has 1 aromatic rings. The van der Waals surface area contributed by atoms with Crippen LogP contribution in [0, 0.1) is 0 Å². The summed E-state index contributed by atoms with van der Waals surface area (Å²) in [6.45, 7) is 1.85. The molecule has 0 aliphatic carbocycles. The Morgan fingerprint density at radius 2 is 1.93 bits per heavy atom. The van der Waals surface area contributed by atoms with Crippen LogP contribution in [0.2, 0.25) is 0 Å². The molecular weight excluding hydrogens is 378 g/mol. The average molecular weight is 397 g/mol. The van der Waals surface area contributed by atoms with Gasteiger partial charge in [-0.25, -0.2) is 4.79 Å². The van der Waals surface area contributed by atoms with Gasteiger partial charge in [-0.05, 0) is 31.9 Å². The maximum atomic E-state index is 13.0. The summed E-state index contributed by atoms with van der Waals surface area (Å²) in [6, 6.07) is 5.98. The number of hydrogen-bond donors (Lipinski definition) is 1. The van der Waals surface area contributed by atoms with Crippen LogP contribution in [-0.2, 0) is 19.5 Å². The zero-order valence-corrected chi connectivity index (χ0v) is 15.3. The fourth-order valence-electron chi connectivity index (χ4n) is 3.40. The Hall–Kier alpha value is -2.50. The van der Waals surface area contributed by atoms with Gasteiger partial charge in [0, 0.05) is 18.7 Å². The third-order valence-corrected chi connectivity index (χ3v) is 4.98. The number of amides is 4. The molecule has 1 N–H and O–H groups in total. The first-order chi connectivity index (χ1) is 12.7. The minimum absolute atomic E-state index is 0.0713. The number of imide groups is 1. The number of benzene rings is 1. The van der Waals surface area contributed by atoms with Crippen molar-refractivity contribution in [3.05, 3.63) is 35.9 Å². The molecule has 0 aromatic heterocycles. The normalized spacial score (nSPS) is 22.1. The molecule has 2 bridgehead atoms. The van der Waals surface area contributed by atoms with E-state index in [1.807, 2.05) is 0 Å². The van der Waals surface area contributed by atoms with E-state index >= 15 is 0 Å². The summed E-state index contributed by atoms with van der Waals surface area (Å²) in [7, 11) is -4.86. The van der Waals surface area contributed by atoms with Crippen LogP contribution in [0.1, 0.15) is 30.1 Å². The van der Waals surface area contributed by atoms with Crippen molar-refractivity contribution in [2.24, 2.45) is 0 Å². The molecule has 2 atom stereocenters. The van der Waals surface area contributed by atoms with E-state index in [1.165, 1.54) is 4.90 Å². The zero-order valence-electron chi connectivity index (χ0n) is 14.5. The smallest absolute Gasteiger partial charge is 0.309 e. The van der Waals surface area contributed by atoms with Gasteiger partial charge in [-0.2, -0.15) is 13.5 Å². The minimum atomic E-state index is -4.86. The summed E-state index contributed by atoms with van der Waals surface area (Å²) in [5.41, 5.74) is 0.352. The Labute approximate surface area is 156 Å². The number of carbonyl (C=O) groups is 3. The van der Waals surface area contributed by atoms with Crippen molar-refractivity contribution >= 4 is 28.2 Å². The lowest BCUT2D eigenvalue weighted by Gasteiger charge is -2.32. The molecule has 0 saturated carbocycles. The van der Waals surface area contributed by atoms with E-state index in [9.17, 15) is 22.8 Å². The van der Waals surface area contributed by atoms with Gasteiger partial charge in [0.05, 0.1) is 6.04 Å². The predicted molar refractivity (Wildman–Crippen MR) is 91.5 cm³/mol. The molecule has 27 heavy (non-hydrogen) atoms. The van der Waals surface area contributed by atoms with Crippen molar-refractivity contribution in [2.75, 3.05) is 13.1 Å². The van der Waals surface area contributed by atoms with Gasteiger partial charge in [0.15, 0.2) is 0 Å². The highest BCUT2D eigenvalue weighted by atomic mass is 32.3. The molecule has 11 heteroatoms. The van der Waals surface area contributed by atoms with Crippen LogP contribution >= 0.6 is 0 Å². The highest BCUT2D eigenvalue weighted by Gasteiger charge is 2.50. The third-order valence-electron chi connectivity index (χ3n) is 4.63. The second-order valence-electron chi connectivity index (χ2n) is 6.26. The second-order valence-corrected chi connectivity index (χ2v) is 7.27. The van der Waals surface area contributed by atoms with Crippen LogP contribution in [0.5, 0.6) is 0 Å². The van der Waals surface area contributed by atoms with Gasteiger partial charge in [-0.1, -0.05) is 18.2 Å². The van der Waals surface area contributed by atoms with E-state index < -0.39 is 40.3 Å². The van der Waals surface area contributed by atoms with Crippen molar-refractivity contribution in [3.63, 3.8) is 0 Å². The molecule has 146 valence electrons.